The van der Waals surface area contributed by atoms with E-state index in [2.05, 4.69) is 5.32 Å². The van der Waals surface area contributed by atoms with Crippen molar-refractivity contribution < 1.29 is 23.9 Å². The van der Waals surface area contributed by atoms with Gasteiger partial charge in [-0.3, -0.25) is 9.63 Å². The summed E-state index contributed by atoms with van der Waals surface area (Å²) in [7, 11) is 1.55. The number of hydrogen-bond acceptors (Lipinski definition) is 6. The van der Waals surface area contributed by atoms with Gasteiger partial charge in [-0.25, -0.2) is 10.7 Å². The molecule has 0 unspecified atom stereocenters. The lowest BCUT2D eigenvalue weighted by atomic mass is 9.86. The van der Waals surface area contributed by atoms with Gasteiger partial charge in [0.2, 0.25) is 0 Å². The van der Waals surface area contributed by atoms with Crippen LogP contribution in [0, 0.1) is 0 Å². The molecular formula is C22H32N2O5. The van der Waals surface area contributed by atoms with Crippen molar-refractivity contribution in [3.63, 3.8) is 0 Å². The molecule has 1 atom stereocenters. The van der Waals surface area contributed by atoms with Gasteiger partial charge < -0.3 is 14.8 Å². The molecule has 2 rings (SSSR count). The van der Waals surface area contributed by atoms with Gasteiger partial charge in [-0.05, 0) is 38.2 Å². The van der Waals surface area contributed by atoms with Gasteiger partial charge in [0.15, 0.2) is 5.78 Å². The molecule has 1 fully saturated rings. The van der Waals surface area contributed by atoms with Crippen LogP contribution in [0.3, 0.4) is 0 Å². The van der Waals surface area contributed by atoms with Crippen LogP contribution in [-0.4, -0.2) is 44.3 Å². The van der Waals surface area contributed by atoms with Gasteiger partial charge >= 0.3 is 6.09 Å². The maximum absolute atomic E-state index is 12.9. The number of carbonyl (C=O) groups is 2. The third-order valence-corrected chi connectivity index (χ3v) is 5.42. The number of nitrogens with two attached hydrogens (primary N) is 1. The second kappa shape index (κ2) is 11.7. The quantitative estimate of drug-likeness (QED) is 0.215. The largest absolute Gasteiger partial charge is 0.447 e. The summed E-state index contributed by atoms with van der Waals surface area (Å²) in [5.41, 5.74) is 1.90. The van der Waals surface area contributed by atoms with Gasteiger partial charge in [-0.2, -0.15) is 0 Å². The van der Waals surface area contributed by atoms with Crippen molar-refractivity contribution >= 4 is 11.9 Å². The SMILES string of the molecule is COCCOC(=O)NCC[C@@]1(ON)CCCC/C(=C(/C)C(=O)c2ccccc2)C1. The highest BCUT2D eigenvalue weighted by Crippen LogP contribution is 2.36. The second-order valence-corrected chi connectivity index (χ2v) is 7.41. The standard InChI is InChI=1S/C22H32N2O5/c1-17(20(25)18-8-4-3-5-9-18)19-10-6-7-11-22(16-19,29-23)12-13-24-21(26)28-15-14-27-2/h3-5,8-9H,6-7,10-16,23H2,1-2H3,(H,24,26)/b19-17+/t22-/m0/s1. The van der Waals surface area contributed by atoms with Crippen molar-refractivity contribution in [2.45, 2.75) is 51.0 Å². The highest BCUT2D eigenvalue weighted by Gasteiger charge is 2.34. The minimum absolute atomic E-state index is 0.0354. The number of benzene rings is 1. The minimum atomic E-state index is -0.607. The Labute approximate surface area is 172 Å². The first kappa shape index (κ1) is 23.1. The Balaban J connectivity index is 2.04. The lowest BCUT2D eigenvalue weighted by Gasteiger charge is -2.31. The summed E-state index contributed by atoms with van der Waals surface area (Å²) in [4.78, 5) is 30.0. The van der Waals surface area contributed by atoms with Gasteiger partial charge in [-0.15, -0.1) is 0 Å². The van der Waals surface area contributed by atoms with Crippen LogP contribution >= 0.6 is 0 Å². The van der Waals surface area contributed by atoms with Crippen LogP contribution in [0.2, 0.25) is 0 Å². The summed E-state index contributed by atoms with van der Waals surface area (Å²) < 4.78 is 9.85. The van der Waals surface area contributed by atoms with E-state index in [9.17, 15) is 9.59 Å². The molecule has 0 radical (unpaired) electrons. The van der Waals surface area contributed by atoms with Crippen LogP contribution in [0.1, 0.15) is 55.8 Å². The lowest BCUT2D eigenvalue weighted by Crippen LogP contribution is -2.40. The van der Waals surface area contributed by atoms with Crippen molar-refractivity contribution in [1.29, 1.82) is 0 Å². The zero-order valence-corrected chi connectivity index (χ0v) is 17.4. The van der Waals surface area contributed by atoms with Gasteiger partial charge in [0, 0.05) is 25.6 Å². The molecule has 7 heteroatoms. The number of rotatable bonds is 9. The molecule has 0 aromatic heterocycles. The topological polar surface area (TPSA) is 99.9 Å². The number of amides is 1. The molecule has 7 nitrogen and oxygen atoms in total. The predicted molar refractivity (Wildman–Crippen MR) is 110 cm³/mol. The summed E-state index contributed by atoms with van der Waals surface area (Å²) in [6, 6.07) is 9.28. The third kappa shape index (κ3) is 6.96. The van der Waals surface area contributed by atoms with E-state index in [1.807, 2.05) is 37.3 Å². The molecule has 0 heterocycles. The molecule has 1 amide bonds. The fourth-order valence-electron chi connectivity index (χ4n) is 3.67. The fourth-order valence-corrected chi connectivity index (χ4v) is 3.67. The highest BCUT2D eigenvalue weighted by atomic mass is 16.6. The first-order valence-corrected chi connectivity index (χ1v) is 10.1. The number of methoxy groups -OCH3 is 1. The minimum Gasteiger partial charge on any atom is -0.447 e. The fraction of sp³-hybridized carbons (Fsp3) is 0.545. The first-order valence-electron chi connectivity index (χ1n) is 10.1. The van der Waals surface area contributed by atoms with Crippen LogP contribution in [0.25, 0.3) is 0 Å². The van der Waals surface area contributed by atoms with E-state index in [4.69, 9.17) is 20.2 Å². The molecule has 1 saturated carbocycles. The first-order chi connectivity index (χ1) is 14.0. The molecular weight excluding hydrogens is 372 g/mol. The van der Waals surface area contributed by atoms with E-state index >= 15 is 0 Å². The Morgan fingerprint density at radius 2 is 1.93 bits per heavy atom. The molecule has 3 N–H and O–H groups in total. The molecule has 29 heavy (non-hydrogen) atoms. The summed E-state index contributed by atoms with van der Waals surface area (Å²) in [5, 5.41) is 2.73. The number of allylic oxidation sites excluding steroid dienone is 1. The maximum Gasteiger partial charge on any atom is 0.407 e. The van der Waals surface area contributed by atoms with E-state index in [0.29, 0.717) is 31.6 Å². The summed E-state index contributed by atoms with van der Waals surface area (Å²) in [6.07, 6.45) is 4.18. The Bertz CT molecular complexity index is 704. The average Bonchev–Trinajstić information content (AvgIpc) is 2.97. The molecule has 0 aliphatic heterocycles. The van der Waals surface area contributed by atoms with Crippen LogP contribution in [0.4, 0.5) is 4.79 Å². The Hall–Kier alpha value is -2.22. The number of Topliss-reactive ketones (excluding diaryl/α,β-unsaturated/α-hetero) is 1. The Kier molecular flexibility index (Phi) is 9.31. The molecule has 1 aromatic carbocycles. The summed E-state index contributed by atoms with van der Waals surface area (Å²) >= 11 is 0. The summed E-state index contributed by atoms with van der Waals surface area (Å²) in [5.74, 6) is 5.74. The zero-order chi connectivity index (χ0) is 21.1. The molecule has 0 bridgehead atoms. The molecule has 1 aliphatic carbocycles. The van der Waals surface area contributed by atoms with Gasteiger partial charge in [0.05, 0.1) is 12.2 Å². The van der Waals surface area contributed by atoms with Crippen molar-refractivity contribution in [3.05, 3.63) is 47.0 Å². The molecule has 0 saturated heterocycles. The van der Waals surface area contributed by atoms with Crippen LogP contribution < -0.4 is 11.2 Å². The number of nitrogens with one attached hydrogen (secondary N) is 1. The zero-order valence-electron chi connectivity index (χ0n) is 17.4. The number of ether oxygens (including phenoxy) is 2. The van der Waals surface area contributed by atoms with E-state index in [0.717, 1.165) is 36.8 Å². The van der Waals surface area contributed by atoms with Crippen molar-refractivity contribution in [2.75, 3.05) is 26.9 Å². The van der Waals surface area contributed by atoms with E-state index < -0.39 is 11.7 Å². The second-order valence-electron chi connectivity index (χ2n) is 7.41. The number of alkyl carbamates (subject to hydrolysis) is 1. The highest BCUT2D eigenvalue weighted by molar-refractivity contribution is 6.08. The van der Waals surface area contributed by atoms with Gasteiger partial charge in [0.1, 0.15) is 6.61 Å². The monoisotopic (exact) mass is 404 g/mol. The van der Waals surface area contributed by atoms with Crippen molar-refractivity contribution in [3.8, 4) is 0 Å². The number of hydrogen-bond donors (Lipinski definition) is 2. The van der Waals surface area contributed by atoms with E-state index in [1.165, 1.54) is 0 Å². The molecule has 1 aromatic rings. The normalized spacial score (nSPS) is 21.2. The van der Waals surface area contributed by atoms with Crippen molar-refractivity contribution in [2.24, 2.45) is 5.90 Å². The van der Waals surface area contributed by atoms with Gasteiger partial charge in [-0.1, -0.05) is 42.3 Å². The van der Waals surface area contributed by atoms with Gasteiger partial charge in [0.25, 0.3) is 0 Å². The molecule has 1 aliphatic rings. The van der Waals surface area contributed by atoms with Crippen LogP contribution in [-0.2, 0) is 14.3 Å². The van der Waals surface area contributed by atoms with Crippen LogP contribution in [0.15, 0.2) is 41.5 Å². The summed E-state index contributed by atoms with van der Waals surface area (Å²) in [6.45, 7) is 2.81. The Morgan fingerprint density at radius 3 is 2.62 bits per heavy atom. The smallest absolute Gasteiger partial charge is 0.407 e. The average molecular weight is 405 g/mol. The van der Waals surface area contributed by atoms with E-state index in [-0.39, 0.29) is 12.4 Å². The number of ketones is 1. The molecule has 0 spiro atoms. The van der Waals surface area contributed by atoms with Crippen molar-refractivity contribution in [1.82, 2.24) is 5.32 Å². The van der Waals surface area contributed by atoms with E-state index in [1.54, 1.807) is 7.11 Å². The molecule has 160 valence electrons. The lowest BCUT2D eigenvalue weighted by molar-refractivity contribution is -0.0583. The van der Waals surface area contributed by atoms with Crippen LogP contribution in [0.5, 0.6) is 0 Å². The maximum atomic E-state index is 12.9. The number of carbonyl (C=O) groups excluding carboxylic acids is 2. The third-order valence-electron chi connectivity index (χ3n) is 5.42. The predicted octanol–water partition coefficient (Wildman–Crippen LogP) is 3.54. The Morgan fingerprint density at radius 1 is 1.17 bits per heavy atom.